The molecule has 2 aliphatic heterocycles. The van der Waals surface area contributed by atoms with E-state index in [1.807, 2.05) is 0 Å². The number of allylic oxidation sites excluding steroid dienone is 1. The molecule has 1 unspecified atom stereocenters. The van der Waals surface area contributed by atoms with Gasteiger partial charge in [-0.3, -0.25) is 19.8 Å². The van der Waals surface area contributed by atoms with Crippen LogP contribution in [0, 0.1) is 10.1 Å². The molecule has 2 heterocycles. The van der Waals surface area contributed by atoms with Gasteiger partial charge < -0.3 is 14.3 Å². The first kappa shape index (κ1) is 21.8. The number of nitrogens with zero attached hydrogens (tertiary/aromatic N) is 3. The number of nitro benzene ring substituents is 1. The van der Waals surface area contributed by atoms with Crippen LogP contribution in [0.5, 0.6) is 0 Å². The average Bonchev–Trinajstić information content (AvgIpc) is 2.74. The zero-order valence-corrected chi connectivity index (χ0v) is 17.3. The molecule has 0 bridgehead atoms. The number of hydrogen-bond donors (Lipinski definition) is 0. The van der Waals surface area contributed by atoms with Crippen LogP contribution in [0.2, 0.25) is 0 Å². The lowest BCUT2D eigenvalue weighted by atomic mass is 9.99. The minimum atomic E-state index is -0.832. The van der Waals surface area contributed by atoms with Crippen LogP contribution >= 0.6 is 0 Å². The van der Waals surface area contributed by atoms with Crippen LogP contribution in [0.3, 0.4) is 0 Å². The van der Waals surface area contributed by atoms with Gasteiger partial charge in [0.15, 0.2) is 6.17 Å². The Labute approximate surface area is 175 Å². The number of β-lactam (4-membered cyclic amide) rings is 1. The number of nitro groups is 1. The van der Waals surface area contributed by atoms with E-state index < -0.39 is 16.7 Å². The Hall–Kier alpha value is -2.94. The Morgan fingerprint density at radius 1 is 1.23 bits per heavy atom. The molecule has 1 atom stereocenters. The minimum Gasteiger partial charge on any atom is -0.874 e. The summed E-state index contributed by atoms with van der Waals surface area (Å²) in [6.45, 7) is 3.30. The molecule has 0 spiro atoms. The lowest BCUT2D eigenvalue weighted by molar-refractivity contribution is -0.949. The van der Waals surface area contributed by atoms with Crippen molar-refractivity contribution in [1.29, 1.82) is 0 Å². The number of hydrogen-bond acceptors (Lipinski definition) is 6. The van der Waals surface area contributed by atoms with E-state index >= 15 is 0 Å². The number of benzene rings is 1. The maximum absolute atomic E-state index is 12.8. The smallest absolute Gasteiger partial charge is 0.354 e. The summed E-state index contributed by atoms with van der Waals surface area (Å²) in [4.78, 5) is 36.8. The number of non-ortho nitro benzene ring substituents is 1. The second-order valence-electron chi connectivity index (χ2n) is 8.06. The molecule has 0 N–H and O–H groups in total. The summed E-state index contributed by atoms with van der Waals surface area (Å²) in [5.41, 5.74) is 0.287. The molecule has 0 aromatic heterocycles. The molecule has 3 rings (SSSR count). The number of piperidine rings is 1. The third-order valence-electron chi connectivity index (χ3n) is 6.02. The van der Waals surface area contributed by atoms with Crippen molar-refractivity contribution >= 4 is 17.6 Å². The van der Waals surface area contributed by atoms with E-state index in [2.05, 4.69) is 7.05 Å². The van der Waals surface area contributed by atoms with Gasteiger partial charge in [0.1, 0.15) is 18.7 Å². The predicted octanol–water partition coefficient (Wildman–Crippen LogP) is 1.81. The number of likely N-dealkylation sites (tertiary alicyclic amines) is 2. The van der Waals surface area contributed by atoms with E-state index in [0.29, 0.717) is 16.5 Å². The quantitative estimate of drug-likeness (QED) is 0.127. The monoisotopic (exact) mass is 417 g/mol. The summed E-state index contributed by atoms with van der Waals surface area (Å²) < 4.78 is 5.96. The van der Waals surface area contributed by atoms with Crippen molar-refractivity contribution in [2.75, 3.05) is 20.1 Å². The van der Waals surface area contributed by atoms with Crippen LogP contribution in [0.1, 0.15) is 44.6 Å². The van der Waals surface area contributed by atoms with E-state index in [4.69, 9.17) is 4.74 Å². The average molecular weight is 417 g/mol. The van der Waals surface area contributed by atoms with Crippen molar-refractivity contribution in [3.63, 3.8) is 0 Å². The predicted molar refractivity (Wildman–Crippen MR) is 105 cm³/mol. The molecule has 2 saturated heterocycles. The fraction of sp³-hybridized carbons (Fsp3) is 0.524. The lowest BCUT2D eigenvalue weighted by Crippen LogP contribution is -2.70. The van der Waals surface area contributed by atoms with E-state index in [1.54, 1.807) is 6.92 Å². The molecule has 30 heavy (non-hydrogen) atoms. The van der Waals surface area contributed by atoms with Gasteiger partial charge in [-0.2, -0.15) is 0 Å². The standard InChI is InChI=1S/C21H27N3O6/c1-3-17(25)20(21(27)30-14-15-7-9-16(10-8-15)23(28)29)22-18(13-19(22)26)24(2)11-5-4-6-12-24/h7-10,18H,3-6,11-14H2,1-2H3. The zero-order valence-electron chi connectivity index (χ0n) is 17.3. The van der Waals surface area contributed by atoms with E-state index in [-0.39, 0.29) is 36.5 Å². The first-order valence-corrected chi connectivity index (χ1v) is 10.2. The molecule has 0 saturated carbocycles. The first-order chi connectivity index (χ1) is 14.3. The van der Waals surface area contributed by atoms with Gasteiger partial charge in [-0.15, -0.1) is 5.76 Å². The lowest BCUT2D eigenvalue weighted by Gasteiger charge is -2.53. The van der Waals surface area contributed by atoms with E-state index in [1.165, 1.54) is 29.2 Å². The molecule has 9 nitrogen and oxygen atoms in total. The molecular weight excluding hydrogens is 390 g/mol. The van der Waals surface area contributed by atoms with Gasteiger partial charge in [0.2, 0.25) is 5.91 Å². The molecule has 2 fully saturated rings. The number of carbonyl (C=O) groups is 2. The number of rotatable bonds is 7. The second-order valence-corrected chi connectivity index (χ2v) is 8.06. The van der Waals surface area contributed by atoms with Crippen LogP contribution in [0.15, 0.2) is 35.7 Å². The van der Waals surface area contributed by atoms with Crippen molar-refractivity contribution in [3.8, 4) is 0 Å². The van der Waals surface area contributed by atoms with Crippen LogP contribution < -0.4 is 5.11 Å². The summed E-state index contributed by atoms with van der Waals surface area (Å²) in [5.74, 6) is -1.50. The van der Waals surface area contributed by atoms with Gasteiger partial charge in [0, 0.05) is 12.1 Å². The second kappa shape index (κ2) is 8.83. The van der Waals surface area contributed by atoms with Gasteiger partial charge >= 0.3 is 5.97 Å². The highest BCUT2D eigenvalue weighted by molar-refractivity contribution is 5.97. The van der Waals surface area contributed by atoms with Gasteiger partial charge in [-0.25, -0.2) is 4.79 Å². The molecular formula is C21H27N3O6. The third kappa shape index (κ3) is 4.30. The summed E-state index contributed by atoms with van der Waals surface area (Å²) >= 11 is 0. The summed E-state index contributed by atoms with van der Waals surface area (Å²) in [6, 6.07) is 5.62. The highest BCUT2D eigenvalue weighted by Gasteiger charge is 2.52. The van der Waals surface area contributed by atoms with Crippen molar-refractivity contribution in [2.45, 2.75) is 51.8 Å². The molecule has 1 aromatic carbocycles. The molecule has 2 aliphatic rings. The molecule has 0 aliphatic carbocycles. The SMILES string of the molecule is CCC([O-])=C(C(=O)OCc1ccc([N+](=O)[O-])cc1)N1C(=O)CC1[N+]1(C)CCCCC1. The molecule has 0 radical (unpaired) electrons. The molecule has 1 amide bonds. The van der Waals surface area contributed by atoms with E-state index in [0.717, 1.165) is 32.4 Å². The Bertz CT molecular complexity index is 858. The van der Waals surface area contributed by atoms with Crippen molar-refractivity contribution < 1.29 is 28.8 Å². The topological polar surface area (TPSA) is 113 Å². The fourth-order valence-electron chi connectivity index (χ4n) is 4.15. The number of esters is 1. The van der Waals surface area contributed by atoms with Crippen LogP contribution in [-0.2, 0) is 20.9 Å². The molecule has 1 aromatic rings. The normalized spacial score (nSPS) is 21.5. The van der Waals surface area contributed by atoms with Crippen LogP contribution in [0.25, 0.3) is 0 Å². The first-order valence-electron chi connectivity index (χ1n) is 10.2. The Balaban J connectivity index is 1.76. The van der Waals surface area contributed by atoms with Crippen LogP contribution in [-0.4, -0.2) is 52.5 Å². The number of carbonyl (C=O) groups excluding carboxylic acids is 2. The highest BCUT2D eigenvalue weighted by atomic mass is 16.6. The Kier molecular flexibility index (Phi) is 6.40. The zero-order chi connectivity index (χ0) is 21.9. The van der Waals surface area contributed by atoms with Gasteiger partial charge in [-0.05, 0) is 43.4 Å². The van der Waals surface area contributed by atoms with Crippen LogP contribution in [0.4, 0.5) is 5.69 Å². The van der Waals surface area contributed by atoms with Crippen molar-refractivity contribution in [2.24, 2.45) is 0 Å². The molecule has 162 valence electrons. The largest absolute Gasteiger partial charge is 0.874 e. The number of ether oxygens (including phenoxy) is 1. The fourth-order valence-corrected chi connectivity index (χ4v) is 4.15. The summed E-state index contributed by atoms with van der Waals surface area (Å²) in [6.07, 6.45) is 3.42. The van der Waals surface area contributed by atoms with Crippen molar-refractivity contribution in [1.82, 2.24) is 4.90 Å². The summed E-state index contributed by atoms with van der Waals surface area (Å²) in [7, 11) is 2.07. The Morgan fingerprint density at radius 3 is 2.40 bits per heavy atom. The summed E-state index contributed by atoms with van der Waals surface area (Å²) in [5, 5.41) is 23.3. The van der Waals surface area contributed by atoms with Gasteiger partial charge in [-0.1, -0.05) is 6.92 Å². The number of amides is 1. The Morgan fingerprint density at radius 2 is 1.87 bits per heavy atom. The van der Waals surface area contributed by atoms with Crippen molar-refractivity contribution in [3.05, 3.63) is 51.4 Å². The number of quaternary nitrogens is 1. The van der Waals surface area contributed by atoms with E-state index in [9.17, 15) is 24.8 Å². The van der Waals surface area contributed by atoms with Gasteiger partial charge in [0.25, 0.3) is 5.69 Å². The highest BCUT2D eigenvalue weighted by Crippen LogP contribution is 2.35. The van der Waals surface area contributed by atoms with Gasteiger partial charge in [0.05, 0.1) is 25.1 Å². The third-order valence-corrected chi connectivity index (χ3v) is 6.02. The minimum absolute atomic E-state index is 0.0639. The molecule has 9 heteroatoms. The maximum Gasteiger partial charge on any atom is 0.354 e. The maximum atomic E-state index is 12.8.